The van der Waals surface area contributed by atoms with Crippen LogP contribution in [0.1, 0.15) is 24.4 Å². The molecule has 0 spiro atoms. The topological polar surface area (TPSA) is 12.0 Å². The van der Waals surface area contributed by atoms with Crippen LogP contribution in [0.3, 0.4) is 0 Å². The van der Waals surface area contributed by atoms with Crippen molar-refractivity contribution >= 4 is 23.4 Å². The zero-order chi connectivity index (χ0) is 13.9. The van der Waals surface area contributed by atoms with Gasteiger partial charge < -0.3 is 5.32 Å². The van der Waals surface area contributed by atoms with Crippen molar-refractivity contribution in [2.24, 2.45) is 5.92 Å². The summed E-state index contributed by atoms with van der Waals surface area (Å²) < 4.78 is 36.1. The van der Waals surface area contributed by atoms with E-state index in [1.165, 1.54) is 0 Å². The van der Waals surface area contributed by atoms with Gasteiger partial charge in [-0.05, 0) is 48.2 Å². The molecule has 0 aromatic heterocycles. The molecule has 1 saturated carbocycles. The van der Waals surface area contributed by atoms with E-state index in [-0.39, 0.29) is 23.6 Å². The molecule has 0 bridgehead atoms. The molecule has 106 valence electrons. The Kier molecular flexibility index (Phi) is 5.03. The van der Waals surface area contributed by atoms with E-state index in [1.54, 1.807) is 0 Å². The molecule has 0 heterocycles. The summed E-state index contributed by atoms with van der Waals surface area (Å²) in [6.07, 6.45) is 2.26. The maximum atomic E-state index is 12.0. The first-order valence-corrected chi connectivity index (χ1v) is 7.51. The standard InChI is InChI=1S/C13H15ClF3NS/c14-11-5-3-10(4-6-11)12(9-1-2-9)18-7-8-19-13(15,16)17/h3-6,9,12,18H,1-2,7-8H2. The van der Waals surface area contributed by atoms with Crippen LogP contribution in [-0.2, 0) is 0 Å². The molecule has 1 aromatic carbocycles. The van der Waals surface area contributed by atoms with Gasteiger partial charge in [0.05, 0.1) is 0 Å². The van der Waals surface area contributed by atoms with E-state index < -0.39 is 5.51 Å². The van der Waals surface area contributed by atoms with Crippen LogP contribution in [0.2, 0.25) is 5.02 Å². The highest BCUT2D eigenvalue weighted by molar-refractivity contribution is 8.00. The van der Waals surface area contributed by atoms with Crippen LogP contribution >= 0.6 is 23.4 Å². The summed E-state index contributed by atoms with van der Waals surface area (Å²) >= 11 is 5.86. The van der Waals surface area contributed by atoms with Gasteiger partial charge in [0.1, 0.15) is 0 Å². The molecule has 1 fully saturated rings. The minimum Gasteiger partial charge on any atom is -0.309 e. The van der Waals surface area contributed by atoms with Gasteiger partial charge in [-0.2, -0.15) is 13.2 Å². The molecule has 1 atom stereocenters. The van der Waals surface area contributed by atoms with Gasteiger partial charge in [-0.3, -0.25) is 0 Å². The highest BCUT2D eigenvalue weighted by atomic mass is 35.5. The van der Waals surface area contributed by atoms with E-state index in [9.17, 15) is 13.2 Å². The lowest BCUT2D eigenvalue weighted by Crippen LogP contribution is -2.26. The zero-order valence-corrected chi connectivity index (χ0v) is 11.8. The van der Waals surface area contributed by atoms with Gasteiger partial charge in [0.15, 0.2) is 0 Å². The summed E-state index contributed by atoms with van der Waals surface area (Å²) in [5.74, 6) is 0.581. The normalized spacial score (nSPS) is 17.5. The number of thioether (sulfide) groups is 1. The van der Waals surface area contributed by atoms with Gasteiger partial charge in [0.2, 0.25) is 0 Å². The highest BCUT2D eigenvalue weighted by Crippen LogP contribution is 2.41. The zero-order valence-electron chi connectivity index (χ0n) is 10.2. The minimum absolute atomic E-state index is 0.0217. The number of rotatable bonds is 6. The van der Waals surface area contributed by atoms with Gasteiger partial charge in [0, 0.05) is 23.4 Å². The van der Waals surface area contributed by atoms with Gasteiger partial charge in [-0.25, -0.2) is 0 Å². The van der Waals surface area contributed by atoms with Crippen LogP contribution < -0.4 is 5.32 Å². The summed E-state index contributed by atoms with van der Waals surface area (Å²) in [5.41, 5.74) is -3.04. The molecule has 0 amide bonds. The molecule has 1 N–H and O–H groups in total. The summed E-state index contributed by atoms with van der Waals surface area (Å²) in [6, 6.07) is 7.66. The van der Waals surface area contributed by atoms with Crippen molar-refractivity contribution in [1.29, 1.82) is 0 Å². The van der Waals surface area contributed by atoms with E-state index in [4.69, 9.17) is 11.6 Å². The van der Waals surface area contributed by atoms with E-state index in [0.717, 1.165) is 18.4 Å². The fourth-order valence-electron chi connectivity index (χ4n) is 2.04. The predicted molar refractivity (Wildman–Crippen MR) is 73.4 cm³/mol. The first-order chi connectivity index (χ1) is 8.96. The molecule has 1 aliphatic carbocycles. The number of hydrogen-bond donors (Lipinski definition) is 1. The summed E-state index contributed by atoms with van der Waals surface area (Å²) in [6.45, 7) is 0.355. The lowest BCUT2D eigenvalue weighted by atomic mass is 10.0. The summed E-state index contributed by atoms with van der Waals surface area (Å²) in [4.78, 5) is 0. The number of nitrogens with one attached hydrogen (secondary N) is 1. The molecule has 1 aromatic rings. The average molecular weight is 310 g/mol. The molecule has 0 saturated heterocycles. The van der Waals surface area contributed by atoms with Crippen molar-refractivity contribution < 1.29 is 13.2 Å². The first-order valence-electron chi connectivity index (χ1n) is 6.15. The highest BCUT2D eigenvalue weighted by Gasteiger charge is 2.32. The van der Waals surface area contributed by atoms with E-state index in [0.29, 0.717) is 17.5 Å². The van der Waals surface area contributed by atoms with Crippen LogP contribution in [0, 0.1) is 5.92 Å². The minimum atomic E-state index is -4.14. The Morgan fingerprint density at radius 2 is 1.89 bits per heavy atom. The lowest BCUT2D eigenvalue weighted by molar-refractivity contribution is -0.0327. The Balaban J connectivity index is 1.85. The molecule has 6 heteroatoms. The number of alkyl halides is 3. The smallest absolute Gasteiger partial charge is 0.309 e. The molecule has 1 unspecified atom stereocenters. The van der Waals surface area contributed by atoms with Crippen LogP contribution in [0.15, 0.2) is 24.3 Å². The number of hydrogen-bond acceptors (Lipinski definition) is 2. The largest absolute Gasteiger partial charge is 0.441 e. The van der Waals surface area contributed by atoms with Crippen LogP contribution in [0.4, 0.5) is 13.2 Å². The molecule has 19 heavy (non-hydrogen) atoms. The molecule has 1 nitrogen and oxygen atoms in total. The Hall–Kier alpha value is -0.390. The monoisotopic (exact) mass is 309 g/mol. The van der Waals surface area contributed by atoms with Crippen LogP contribution in [0.25, 0.3) is 0 Å². The number of halogens is 4. The maximum absolute atomic E-state index is 12.0. The van der Waals surface area contributed by atoms with Crippen molar-refractivity contribution in [1.82, 2.24) is 5.32 Å². The Morgan fingerprint density at radius 1 is 1.26 bits per heavy atom. The SMILES string of the molecule is FC(F)(F)SCCNC(c1ccc(Cl)cc1)C1CC1. The molecule has 2 rings (SSSR count). The Morgan fingerprint density at radius 3 is 2.42 bits per heavy atom. The molecule has 0 aliphatic heterocycles. The van der Waals surface area contributed by atoms with E-state index >= 15 is 0 Å². The van der Waals surface area contributed by atoms with Crippen LogP contribution in [0.5, 0.6) is 0 Å². The number of benzene rings is 1. The summed E-state index contributed by atoms with van der Waals surface area (Å²) in [5, 5.41) is 3.90. The fraction of sp³-hybridized carbons (Fsp3) is 0.538. The molecule has 1 aliphatic rings. The van der Waals surface area contributed by atoms with E-state index in [1.807, 2.05) is 24.3 Å². The second-order valence-corrected chi connectivity index (χ2v) is 6.21. The van der Waals surface area contributed by atoms with Crippen LogP contribution in [-0.4, -0.2) is 17.8 Å². The van der Waals surface area contributed by atoms with Crippen molar-refractivity contribution in [3.05, 3.63) is 34.9 Å². The first kappa shape index (κ1) is 15.0. The Labute approximate surface area is 119 Å². The fourth-order valence-corrected chi connectivity index (χ4v) is 2.61. The summed E-state index contributed by atoms with van der Waals surface area (Å²) in [7, 11) is 0. The van der Waals surface area contributed by atoms with Gasteiger partial charge >= 0.3 is 5.51 Å². The second-order valence-electron chi connectivity index (χ2n) is 4.61. The molecular weight excluding hydrogens is 295 g/mol. The lowest BCUT2D eigenvalue weighted by Gasteiger charge is -2.19. The van der Waals surface area contributed by atoms with Crippen molar-refractivity contribution in [3.63, 3.8) is 0 Å². The molecule has 0 radical (unpaired) electrons. The van der Waals surface area contributed by atoms with Crippen molar-refractivity contribution in [3.8, 4) is 0 Å². The predicted octanol–water partition coefficient (Wildman–Crippen LogP) is 4.63. The van der Waals surface area contributed by atoms with Gasteiger partial charge in [-0.15, -0.1) is 0 Å². The third kappa shape index (κ3) is 5.24. The molecular formula is C13H15ClF3NS. The van der Waals surface area contributed by atoms with Gasteiger partial charge in [0.25, 0.3) is 0 Å². The van der Waals surface area contributed by atoms with Gasteiger partial charge in [-0.1, -0.05) is 23.7 Å². The average Bonchev–Trinajstić information content (AvgIpc) is 3.14. The van der Waals surface area contributed by atoms with Crippen molar-refractivity contribution in [2.75, 3.05) is 12.3 Å². The Bertz CT molecular complexity index is 403. The second kappa shape index (κ2) is 6.37. The third-order valence-corrected chi connectivity index (χ3v) is 4.04. The van der Waals surface area contributed by atoms with E-state index in [2.05, 4.69) is 5.32 Å². The maximum Gasteiger partial charge on any atom is 0.441 e. The van der Waals surface area contributed by atoms with Crippen molar-refractivity contribution in [2.45, 2.75) is 24.4 Å². The quantitative estimate of drug-likeness (QED) is 0.769. The third-order valence-electron chi connectivity index (χ3n) is 3.05.